The van der Waals surface area contributed by atoms with Gasteiger partial charge in [0.25, 0.3) is 0 Å². The Kier molecular flexibility index (Phi) is 8.81. The molecule has 2 aromatic heterocycles. The summed E-state index contributed by atoms with van der Waals surface area (Å²) in [5.41, 5.74) is 7.93. The highest BCUT2D eigenvalue weighted by Gasteiger charge is 2.22. The molecule has 2 aliphatic heterocycles. The van der Waals surface area contributed by atoms with E-state index < -0.39 is 0 Å². The third-order valence-corrected chi connectivity index (χ3v) is 8.84. The average Bonchev–Trinajstić information content (AvgIpc) is 3.45. The summed E-state index contributed by atoms with van der Waals surface area (Å²) in [6.45, 7) is 2.95. The van der Waals surface area contributed by atoms with E-state index in [0.29, 0.717) is 46.8 Å². The molecule has 0 spiro atoms. The Morgan fingerprint density at radius 2 is 1.84 bits per heavy atom. The van der Waals surface area contributed by atoms with Crippen LogP contribution in [0.25, 0.3) is 33.6 Å². The van der Waals surface area contributed by atoms with Gasteiger partial charge in [-0.3, -0.25) is 9.78 Å². The van der Waals surface area contributed by atoms with Gasteiger partial charge in [-0.25, -0.2) is 4.98 Å². The SMILES string of the molecule is COc1cc(-c2nccc(-c3cccc(-c4ccc(CNCC5CCC(=O)N5)c(OC)n4)c3Cl)c2Cl)cc2c1CNCC2. The minimum Gasteiger partial charge on any atom is -0.496 e. The van der Waals surface area contributed by atoms with Gasteiger partial charge < -0.3 is 25.4 Å². The number of halogens is 2. The molecule has 0 radical (unpaired) electrons. The van der Waals surface area contributed by atoms with Gasteiger partial charge in [0, 0.05) is 71.7 Å². The van der Waals surface area contributed by atoms with Gasteiger partial charge in [-0.15, -0.1) is 0 Å². The number of pyridine rings is 2. The Labute approximate surface area is 261 Å². The monoisotopic (exact) mass is 617 g/mol. The molecule has 4 heterocycles. The topological polar surface area (TPSA) is 97.4 Å². The van der Waals surface area contributed by atoms with Crippen molar-refractivity contribution in [2.24, 2.45) is 0 Å². The number of benzene rings is 2. The summed E-state index contributed by atoms with van der Waals surface area (Å²) in [4.78, 5) is 20.9. The molecule has 3 N–H and O–H groups in total. The minimum absolute atomic E-state index is 0.107. The van der Waals surface area contributed by atoms with Crippen molar-refractivity contribution >= 4 is 29.1 Å². The van der Waals surface area contributed by atoms with Crippen molar-refractivity contribution in [1.82, 2.24) is 25.9 Å². The van der Waals surface area contributed by atoms with E-state index in [0.717, 1.165) is 59.5 Å². The molecule has 1 unspecified atom stereocenters. The Morgan fingerprint density at radius 3 is 2.63 bits per heavy atom. The summed E-state index contributed by atoms with van der Waals surface area (Å²) in [6, 6.07) is 16.0. The number of fused-ring (bicyclic) bond motifs is 1. The van der Waals surface area contributed by atoms with Gasteiger partial charge in [-0.05, 0) is 49.2 Å². The fraction of sp³-hybridized carbons (Fsp3) is 0.303. The number of aromatic nitrogens is 2. The van der Waals surface area contributed by atoms with E-state index in [9.17, 15) is 4.79 Å². The molecule has 1 atom stereocenters. The second kappa shape index (κ2) is 12.9. The molecule has 0 bridgehead atoms. The minimum atomic E-state index is 0.107. The quantitative estimate of drug-likeness (QED) is 0.218. The first-order valence-electron chi connectivity index (χ1n) is 14.4. The molecular formula is C33H33Cl2N5O3. The van der Waals surface area contributed by atoms with Gasteiger partial charge in [0.05, 0.1) is 35.7 Å². The van der Waals surface area contributed by atoms with Crippen LogP contribution in [0, 0.1) is 0 Å². The molecule has 1 saturated heterocycles. The van der Waals surface area contributed by atoms with Crippen LogP contribution in [-0.4, -0.2) is 49.2 Å². The van der Waals surface area contributed by atoms with E-state index in [-0.39, 0.29) is 11.9 Å². The van der Waals surface area contributed by atoms with Crippen LogP contribution in [0.15, 0.2) is 54.7 Å². The number of hydrogen-bond acceptors (Lipinski definition) is 7. The largest absolute Gasteiger partial charge is 0.496 e. The number of amides is 1. The van der Waals surface area contributed by atoms with Crippen molar-refractivity contribution in [3.63, 3.8) is 0 Å². The predicted molar refractivity (Wildman–Crippen MR) is 170 cm³/mol. The number of ether oxygens (including phenoxy) is 2. The standard InChI is InChI=1S/C33H33Cl2N5O3/c1-42-28-15-21(14-19-10-12-36-18-26(19)28)32-31(35)24(11-13-38-32)23-4-3-5-25(30(23)34)27-8-6-20(33(40-27)43-2)16-37-17-22-7-9-29(41)39-22/h3-6,8,11,13-15,22,36-37H,7,9-10,12,16-18H2,1-2H3,(H,39,41). The summed E-state index contributed by atoms with van der Waals surface area (Å²) in [7, 11) is 3.29. The van der Waals surface area contributed by atoms with Crippen LogP contribution in [0.3, 0.4) is 0 Å². The van der Waals surface area contributed by atoms with Gasteiger partial charge in [0.1, 0.15) is 5.75 Å². The van der Waals surface area contributed by atoms with E-state index in [1.165, 1.54) is 11.1 Å². The van der Waals surface area contributed by atoms with E-state index in [4.69, 9.17) is 37.7 Å². The molecule has 2 aromatic carbocycles. The highest BCUT2D eigenvalue weighted by atomic mass is 35.5. The van der Waals surface area contributed by atoms with Gasteiger partial charge >= 0.3 is 0 Å². The number of carbonyl (C=O) groups excluding carboxylic acids is 1. The number of nitrogens with one attached hydrogen (secondary N) is 3. The van der Waals surface area contributed by atoms with E-state index in [2.05, 4.69) is 27.0 Å². The number of hydrogen-bond donors (Lipinski definition) is 3. The molecule has 0 aliphatic carbocycles. The van der Waals surface area contributed by atoms with E-state index in [1.807, 2.05) is 42.5 Å². The zero-order chi connectivity index (χ0) is 29.9. The summed E-state index contributed by atoms with van der Waals surface area (Å²) in [6.07, 6.45) is 4.09. The highest BCUT2D eigenvalue weighted by Crippen LogP contribution is 2.42. The van der Waals surface area contributed by atoms with Crippen molar-refractivity contribution in [2.75, 3.05) is 27.3 Å². The summed E-state index contributed by atoms with van der Waals surface area (Å²) in [5.74, 6) is 1.45. The Bertz CT molecular complexity index is 1660. The molecule has 0 saturated carbocycles. The summed E-state index contributed by atoms with van der Waals surface area (Å²) in [5, 5.41) is 10.8. The maximum Gasteiger partial charge on any atom is 0.220 e. The average molecular weight is 619 g/mol. The van der Waals surface area contributed by atoms with Gasteiger partial charge in [0.2, 0.25) is 11.8 Å². The Hall–Kier alpha value is -3.69. The second-order valence-electron chi connectivity index (χ2n) is 10.7. The molecule has 1 fully saturated rings. The summed E-state index contributed by atoms with van der Waals surface area (Å²) < 4.78 is 11.4. The molecule has 1 amide bonds. The lowest BCUT2D eigenvalue weighted by Crippen LogP contribution is -2.35. The third-order valence-electron chi connectivity index (χ3n) is 8.05. The van der Waals surface area contributed by atoms with Crippen molar-refractivity contribution in [2.45, 2.75) is 38.4 Å². The lowest BCUT2D eigenvalue weighted by molar-refractivity contribution is -0.119. The number of methoxy groups -OCH3 is 2. The molecule has 6 rings (SSSR count). The van der Waals surface area contributed by atoms with Crippen LogP contribution < -0.4 is 25.4 Å². The normalized spacial score (nSPS) is 16.1. The number of nitrogens with zero attached hydrogens (tertiary/aromatic N) is 2. The van der Waals surface area contributed by atoms with Crippen molar-refractivity contribution < 1.29 is 14.3 Å². The maximum atomic E-state index is 11.5. The van der Waals surface area contributed by atoms with Gasteiger partial charge in [0.15, 0.2) is 0 Å². The van der Waals surface area contributed by atoms with E-state index >= 15 is 0 Å². The van der Waals surface area contributed by atoms with Crippen LogP contribution in [-0.2, 0) is 24.3 Å². The number of rotatable bonds is 9. The van der Waals surface area contributed by atoms with Gasteiger partial charge in [-0.2, -0.15) is 0 Å². The fourth-order valence-electron chi connectivity index (χ4n) is 5.81. The maximum absolute atomic E-state index is 11.5. The fourth-order valence-corrected chi connectivity index (χ4v) is 6.46. The predicted octanol–water partition coefficient (Wildman–Crippen LogP) is 5.82. The van der Waals surface area contributed by atoms with Crippen molar-refractivity contribution in [3.8, 4) is 45.3 Å². The molecule has 8 nitrogen and oxygen atoms in total. The lowest BCUT2D eigenvalue weighted by Gasteiger charge is -2.21. The zero-order valence-corrected chi connectivity index (χ0v) is 25.6. The third kappa shape index (κ3) is 6.06. The Morgan fingerprint density at radius 1 is 1.00 bits per heavy atom. The van der Waals surface area contributed by atoms with E-state index in [1.54, 1.807) is 20.4 Å². The molecule has 10 heteroatoms. The highest BCUT2D eigenvalue weighted by molar-refractivity contribution is 6.39. The molecule has 222 valence electrons. The van der Waals surface area contributed by atoms with Crippen LogP contribution >= 0.6 is 23.2 Å². The summed E-state index contributed by atoms with van der Waals surface area (Å²) >= 11 is 14.1. The van der Waals surface area contributed by atoms with Crippen molar-refractivity contribution in [3.05, 3.63) is 81.5 Å². The first kappa shape index (κ1) is 29.4. The lowest BCUT2D eigenvalue weighted by atomic mass is 9.94. The zero-order valence-electron chi connectivity index (χ0n) is 24.1. The van der Waals surface area contributed by atoms with Gasteiger partial charge in [-0.1, -0.05) is 47.5 Å². The first-order valence-corrected chi connectivity index (χ1v) is 15.1. The Balaban J connectivity index is 1.29. The first-order chi connectivity index (χ1) is 21.0. The smallest absolute Gasteiger partial charge is 0.220 e. The molecule has 4 aromatic rings. The molecule has 43 heavy (non-hydrogen) atoms. The van der Waals surface area contributed by atoms with Crippen LogP contribution in [0.5, 0.6) is 11.6 Å². The molecule has 2 aliphatic rings. The molecular weight excluding hydrogens is 585 g/mol. The van der Waals surface area contributed by atoms with Crippen LogP contribution in [0.1, 0.15) is 29.5 Å². The van der Waals surface area contributed by atoms with Crippen LogP contribution in [0.4, 0.5) is 0 Å². The number of carbonyl (C=O) groups is 1. The van der Waals surface area contributed by atoms with Crippen molar-refractivity contribution in [1.29, 1.82) is 0 Å². The second-order valence-corrected chi connectivity index (χ2v) is 11.5. The van der Waals surface area contributed by atoms with Crippen LogP contribution in [0.2, 0.25) is 10.0 Å².